The summed E-state index contributed by atoms with van der Waals surface area (Å²) in [6.07, 6.45) is 2.85. The monoisotopic (exact) mass is 451 g/mol. The van der Waals surface area contributed by atoms with Crippen molar-refractivity contribution in [2.75, 3.05) is 32.2 Å². The first kappa shape index (κ1) is 20.3. The number of halogens is 3. The van der Waals surface area contributed by atoms with E-state index in [9.17, 15) is 0 Å². The third-order valence-corrected chi connectivity index (χ3v) is 6.17. The van der Waals surface area contributed by atoms with Gasteiger partial charge in [0.1, 0.15) is 22.5 Å². The first-order chi connectivity index (χ1) is 13.9. The van der Waals surface area contributed by atoms with Gasteiger partial charge in [-0.15, -0.1) is 0 Å². The van der Waals surface area contributed by atoms with Gasteiger partial charge in [0.2, 0.25) is 0 Å². The molecule has 0 radical (unpaired) electrons. The summed E-state index contributed by atoms with van der Waals surface area (Å²) < 4.78 is 10.8. The molecular weight excluding hydrogens is 433 g/mol. The van der Waals surface area contributed by atoms with Crippen LogP contribution in [0.1, 0.15) is 13.3 Å². The zero-order chi connectivity index (χ0) is 20.7. The van der Waals surface area contributed by atoms with Crippen LogP contribution in [-0.2, 0) is 0 Å². The quantitative estimate of drug-likeness (QED) is 0.446. The lowest BCUT2D eigenvalue weighted by atomic mass is 10.1. The van der Waals surface area contributed by atoms with E-state index in [0.29, 0.717) is 43.9 Å². The Morgan fingerprint density at radius 1 is 1.03 bits per heavy atom. The third-order valence-electron chi connectivity index (χ3n) is 5.21. The fourth-order valence-corrected chi connectivity index (χ4v) is 4.56. The van der Waals surface area contributed by atoms with Gasteiger partial charge >= 0.3 is 0 Å². The summed E-state index contributed by atoms with van der Waals surface area (Å²) in [7, 11) is 3.10. The number of nitrogens with zero attached hydrogens (tertiary/aromatic N) is 3. The molecular formula is C21H20Cl3N3O2. The second-order valence-corrected chi connectivity index (χ2v) is 8.33. The van der Waals surface area contributed by atoms with Crippen molar-refractivity contribution < 1.29 is 9.47 Å². The number of aromatic nitrogens is 2. The number of hydrogen-bond acceptors (Lipinski definition) is 5. The summed E-state index contributed by atoms with van der Waals surface area (Å²) in [5.74, 6) is 2.38. The van der Waals surface area contributed by atoms with Gasteiger partial charge in [-0.3, -0.25) is 0 Å². The molecule has 0 bridgehead atoms. The van der Waals surface area contributed by atoms with Crippen LogP contribution < -0.4 is 14.4 Å². The van der Waals surface area contributed by atoms with E-state index in [-0.39, 0.29) is 0 Å². The Morgan fingerprint density at radius 3 is 2.31 bits per heavy atom. The number of benzene rings is 1. The van der Waals surface area contributed by atoms with E-state index in [2.05, 4.69) is 16.8 Å². The maximum atomic E-state index is 6.63. The average Bonchev–Trinajstić information content (AvgIpc) is 3.14. The normalized spacial score (nSPS) is 16.5. The Bertz CT molecular complexity index is 1060. The van der Waals surface area contributed by atoms with E-state index in [4.69, 9.17) is 49.3 Å². The van der Waals surface area contributed by atoms with E-state index in [1.165, 1.54) is 0 Å². The largest absolute Gasteiger partial charge is 0.495 e. The first-order valence-corrected chi connectivity index (χ1v) is 10.4. The van der Waals surface area contributed by atoms with Crippen molar-refractivity contribution in [1.82, 2.24) is 9.97 Å². The molecule has 1 atom stereocenters. The highest BCUT2D eigenvalue weighted by Crippen LogP contribution is 2.46. The molecule has 5 nitrogen and oxygen atoms in total. The molecule has 0 amide bonds. The summed E-state index contributed by atoms with van der Waals surface area (Å²) in [5.41, 5.74) is 1.19. The molecule has 0 saturated carbocycles. The molecule has 0 N–H and O–H groups in total. The van der Waals surface area contributed by atoms with E-state index >= 15 is 0 Å². The van der Waals surface area contributed by atoms with Gasteiger partial charge in [0.15, 0.2) is 0 Å². The molecule has 1 aliphatic heterocycles. The van der Waals surface area contributed by atoms with Crippen LogP contribution in [0, 0.1) is 5.92 Å². The molecule has 4 rings (SSSR count). The van der Waals surface area contributed by atoms with Crippen LogP contribution in [-0.4, -0.2) is 37.3 Å². The van der Waals surface area contributed by atoms with Crippen LogP contribution in [0.5, 0.6) is 11.5 Å². The molecule has 3 aromatic rings. The summed E-state index contributed by atoms with van der Waals surface area (Å²) in [6, 6.07) is 5.43. The lowest BCUT2D eigenvalue weighted by molar-refractivity contribution is 0.395. The zero-order valence-corrected chi connectivity index (χ0v) is 18.6. The molecule has 152 valence electrons. The third kappa shape index (κ3) is 3.67. The topological polar surface area (TPSA) is 47.5 Å². The van der Waals surface area contributed by atoms with Gasteiger partial charge in [-0.05, 0) is 24.5 Å². The molecule has 8 heteroatoms. The van der Waals surface area contributed by atoms with Gasteiger partial charge in [0.05, 0.1) is 30.0 Å². The molecule has 0 spiro atoms. The Balaban J connectivity index is 2.00. The maximum Gasteiger partial charge on any atom is 0.141 e. The van der Waals surface area contributed by atoms with Crippen LogP contribution in [0.2, 0.25) is 15.2 Å². The van der Waals surface area contributed by atoms with Crippen LogP contribution >= 0.6 is 34.8 Å². The van der Waals surface area contributed by atoms with Crippen molar-refractivity contribution in [2.45, 2.75) is 13.3 Å². The van der Waals surface area contributed by atoms with Crippen molar-refractivity contribution in [3.05, 3.63) is 39.6 Å². The number of ether oxygens (including phenoxy) is 2. The Morgan fingerprint density at radius 2 is 1.72 bits per heavy atom. The lowest BCUT2D eigenvalue weighted by Gasteiger charge is -2.21. The number of fused-ring (bicyclic) bond motifs is 1. The Hall–Kier alpha value is -1.95. The Labute approximate surface area is 184 Å². The van der Waals surface area contributed by atoms with Crippen molar-refractivity contribution in [1.29, 1.82) is 0 Å². The van der Waals surface area contributed by atoms with Crippen LogP contribution in [0.4, 0.5) is 5.82 Å². The Kier molecular flexibility index (Phi) is 5.65. The zero-order valence-electron chi connectivity index (χ0n) is 16.3. The summed E-state index contributed by atoms with van der Waals surface area (Å²) in [4.78, 5) is 11.5. The highest BCUT2D eigenvalue weighted by atomic mass is 35.5. The lowest BCUT2D eigenvalue weighted by Crippen LogP contribution is -2.21. The van der Waals surface area contributed by atoms with Crippen molar-refractivity contribution in [3.63, 3.8) is 0 Å². The highest BCUT2D eigenvalue weighted by molar-refractivity contribution is 6.41. The van der Waals surface area contributed by atoms with Gasteiger partial charge in [0, 0.05) is 41.7 Å². The average molecular weight is 453 g/mol. The summed E-state index contributed by atoms with van der Waals surface area (Å²) in [6.45, 7) is 4.09. The van der Waals surface area contributed by atoms with E-state index in [0.717, 1.165) is 36.1 Å². The molecule has 3 heterocycles. The molecule has 0 aliphatic carbocycles. The molecule has 29 heavy (non-hydrogen) atoms. The number of hydrogen-bond donors (Lipinski definition) is 0. The summed E-state index contributed by atoms with van der Waals surface area (Å²) >= 11 is 19.4. The molecule has 1 aromatic carbocycles. The van der Waals surface area contributed by atoms with Crippen molar-refractivity contribution in [2.24, 2.45) is 5.92 Å². The van der Waals surface area contributed by atoms with Crippen LogP contribution in [0.3, 0.4) is 0 Å². The minimum atomic E-state index is 0.382. The molecule has 1 unspecified atom stereocenters. The van der Waals surface area contributed by atoms with E-state index in [1.54, 1.807) is 26.5 Å². The second-order valence-electron chi connectivity index (χ2n) is 7.18. The number of rotatable bonds is 4. The predicted octanol–water partition coefficient (Wildman–Crippen LogP) is 6.12. The van der Waals surface area contributed by atoms with Crippen molar-refractivity contribution >= 4 is 51.4 Å². The second kappa shape index (κ2) is 8.05. The smallest absolute Gasteiger partial charge is 0.141 e. The maximum absolute atomic E-state index is 6.63. The molecule has 1 fully saturated rings. The molecule has 1 saturated heterocycles. The van der Waals surface area contributed by atoms with Crippen LogP contribution in [0.25, 0.3) is 22.0 Å². The number of anilines is 1. The minimum absolute atomic E-state index is 0.382. The van der Waals surface area contributed by atoms with Gasteiger partial charge in [-0.1, -0.05) is 41.7 Å². The minimum Gasteiger partial charge on any atom is -0.495 e. The van der Waals surface area contributed by atoms with E-state index < -0.39 is 0 Å². The van der Waals surface area contributed by atoms with Gasteiger partial charge < -0.3 is 14.4 Å². The van der Waals surface area contributed by atoms with Gasteiger partial charge in [0.25, 0.3) is 0 Å². The fourth-order valence-electron chi connectivity index (χ4n) is 3.71. The number of pyridine rings is 2. The van der Waals surface area contributed by atoms with Crippen LogP contribution in [0.15, 0.2) is 24.4 Å². The van der Waals surface area contributed by atoms with Gasteiger partial charge in [-0.25, -0.2) is 9.97 Å². The van der Waals surface area contributed by atoms with Crippen molar-refractivity contribution in [3.8, 4) is 22.8 Å². The highest BCUT2D eigenvalue weighted by Gasteiger charge is 2.25. The van der Waals surface area contributed by atoms with Gasteiger partial charge in [-0.2, -0.15) is 0 Å². The fraction of sp³-hybridized carbons (Fsp3) is 0.333. The standard InChI is InChI=1S/C21H20Cl3N3O2/c1-11-4-5-27(10-11)21-13-7-17(22)25-9-12(13)6-14(26-21)18-19(23)15(28-2)8-16(29-3)20(18)24/h6-9,11H,4-5,10H2,1-3H3. The SMILES string of the molecule is COc1cc(OC)c(Cl)c(-c2cc3cnc(Cl)cc3c(N3CCC(C)C3)n2)c1Cl. The first-order valence-electron chi connectivity index (χ1n) is 9.24. The summed E-state index contributed by atoms with van der Waals surface area (Å²) in [5, 5.41) is 3.05. The van der Waals surface area contributed by atoms with E-state index in [1.807, 2.05) is 12.1 Å². The molecule has 2 aromatic heterocycles. The predicted molar refractivity (Wildman–Crippen MR) is 119 cm³/mol. The molecule has 1 aliphatic rings. The number of methoxy groups -OCH3 is 2.